The monoisotopic (exact) mass is 590 g/mol. The van der Waals surface area contributed by atoms with Crippen molar-refractivity contribution in [1.29, 1.82) is 0 Å². The van der Waals surface area contributed by atoms with E-state index < -0.39 is 0 Å². The quantitative estimate of drug-likeness (QED) is 0.257. The first-order valence-electron chi connectivity index (χ1n) is 14.1. The third kappa shape index (κ3) is 5.32. The molecule has 0 spiro atoms. The first-order valence-corrected chi connectivity index (χ1v) is 14.5. The molecule has 1 fully saturated rings. The van der Waals surface area contributed by atoms with Gasteiger partial charge in [0.15, 0.2) is 0 Å². The van der Waals surface area contributed by atoms with Gasteiger partial charge in [-0.05, 0) is 76.4 Å². The van der Waals surface area contributed by atoms with Crippen molar-refractivity contribution in [3.05, 3.63) is 113 Å². The van der Waals surface area contributed by atoms with Crippen LogP contribution in [0.2, 0.25) is 5.02 Å². The number of nitrogens with zero attached hydrogens (tertiary/aromatic N) is 6. The van der Waals surface area contributed by atoms with Crippen LogP contribution in [0.1, 0.15) is 47.3 Å². The van der Waals surface area contributed by atoms with Crippen LogP contribution in [0.25, 0.3) is 23.0 Å². The maximum atomic E-state index is 13.9. The number of fused-ring (bicyclic) bond motifs is 1. The first kappa shape index (κ1) is 26.8. The van der Waals surface area contributed by atoms with E-state index in [2.05, 4.69) is 38.0 Å². The third-order valence-corrected chi connectivity index (χ3v) is 8.28. The van der Waals surface area contributed by atoms with Crippen LogP contribution in [0, 0.1) is 0 Å². The van der Waals surface area contributed by atoms with E-state index in [-0.39, 0.29) is 23.8 Å². The van der Waals surface area contributed by atoms with Crippen molar-refractivity contribution in [2.24, 2.45) is 0 Å². The van der Waals surface area contributed by atoms with Crippen molar-refractivity contribution in [3.8, 4) is 16.9 Å². The molecule has 2 atom stereocenters. The normalized spacial score (nSPS) is 18.2. The van der Waals surface area contributed by atoms with Gasteiger partial charge in [0.2, 0.25) is 11.8 Å². The molecule has 7 rings (SSSR count). The summed E-state index contributed by atoms with van der Waals surface area (Å²) in [5, 5.41) is 14.9. The summed E-state index contributed by atoms with van der Waals surface area (Å²) in [7, 11) is 0. The lowest BCUT2D eigenvalue weighted by molar-refractivity contribution is -0.130. The number of H-pyrrole nitrogens is 1. The summed E-state index contributed by atoms with van der Waals surface area (Å²) < 4.78 is 1.53. The smallest absolute Gasteiger partial charge is 0.247 e. The van der Waals surface area contributed by atoms with Crippen LogP contribution in [0.3, 0.4) is 0 Å². The topological polar surface area (TPSA) is 122 Å². The summed E-state index contributed by atoms with van der Waals surface area (Å²) in [5.41, 5.74) is 6.16. The largest absolute Gasteiger partial charge is 0.340 e. The average Bonchev–Trinajstić information content (AvgIpc) is 3.81. The number of aromatic nitrogens is 6. The Kier molecular flexibility index (Phi) is 7.04. The second-order valence-electron chi connectivity index (χ2n) is 10.7. The van der Waals surface area contributed by atoms with Crippen LogP contribution in [-0.4, -0.2) is 53.4 Å². The van der Waals surface area contributed by atoms with Gasteiger partial charge >= 0.3 is 0 Å². The number of carbonyl (C=O) groups is 2. The number of nitrogens with one attached hydrogen (secondary N) is 2. The summed E-state index contributed by atoms with van der Waals surface area (Å²) in [6.07, 6.45) is 8.78. The number of benzene rings is 3. The molecule has 4 heterocycles. The van der Waals surface area contributed by atoms with Crippen molar-refractivity contribution in [2.75, 3.05) is 11.9 Å². The van der Waals surface area contributed by atoms with Gasteiger partial charge in [0, 0.05) is 34.8 Å². The molecule has 0 saturated carbocycles. The van der Waals surface area contributed by atoms with Crippen LogP contribution in [0.5, 0.6) is 0 Å². The number of amides is 2. The number of hydrogen-bond donors (Lipinski definition) is 2. The van der Waals surface area contributed by atoms with Crippen LogP contribution in [0.15, 0.2) is 85.3 Å². The second-order valence-corrected chi connectivity index (χ2v) is 11.1. The van der Waals surface area contributed by atoms with Gasteiger partial charge in [-0.25, -0.2) is 4.98 Å². The van der Waals surface area contributed by atoms with Gasteiger partial charge in [-0.2, -0.15) is 4.68 Å². The van der Waals surface area contributed by atoms with E-state index in [4.69, 9.17) is 16.6 Å². The van der Waals surface area contributed by atoms with Gasteiger partial charge in [-0.3, -0.25) is 9.59 Å². The Morgan fingerprint density at radius 2 is 1.95 bits per heavy atom. The molecule has 0 radical (unpaired) electrons. The van der Waals surface area contributed by atoms with Crippen molar-refractivity contribution in [1.82, 2.24) is 35.1 Å². The van der Waals surface area contributed by atoms with Gasteiger partial charge < -0.3 is 15.2 Å². The van der Waals surface area contributed by atoms with Crippen molar-refractivity contribution >= 4 is 35.2 Å². The van der Waals surface area contributed by atoms with Gasteiger partial charge in [0.1, 0.15) is 12.2 Å². The second kappa shape index (κ2) is 11.3. The molecular weight excluding hydrogens is 564 g/mol. The molecule has 214 valence electrons. The number of hydrogen-bond acceptors (Lipinski definition) is 6. The summed E-state index contributed by atoms with van der Waals surface area (Å²) in [6, 6.07) is 21.2. The van der Waals surface area contributed by atoms with Crippen LogP contribution in [0.4, 0.5) is 5.69 Å². The van der Waals surface area contributed by atoms with E-state index >= 15 is 0 Å². The highest BCUT2D eigenvalue weighted by molar-refractivity contribution is 6.30. The molecule has 3 aromatic carbocycles. The Morgan fingerprint density at radius 3 is 2.79 bits per heavy atom. The Hall–Kier alpha value is -5.09. The van der Waals surface area contributed by atoms with Gasteiger partial charge in [0.25, 0.3) is 0 Å². The highest BCUT2D eigenvalue weighted by Gasteiger charge is 2.37. The summed E-state index contributed by atoms with van der Waals surface area (Å²) in [4.78, 5) is 36.0. The number of piperidine rings is 1. The highest BCUT2D eigenvalue weighted by atomic mass is 35.5. The lowest BCUT2D eigenvalue weighted by Crippen LogP contribution is -2.41. The summed E-state index contributed by atoms with van der Waals surface area (Å²) in [5.74, 6) is 0.636. The minimum atomic E-state index is -0.307. The number of likely N-dealkylation sites (tertiary alicyclic amines) is 1. The predicted molar refractivity (Wildman–Crippen MR) is 162 cm³/mol. The fourth-order valence-electron chi connectivity index (χ4n) is 6.06. The van der Waals surface area contributed by atoms with Gasteiger partial charge in [-0.1, -0.05) is 48.0 Å². The molecule has 1 saturated heterocycles. The van der Waals surface area contributed by atoms with E-state index in [1.54, 1.807) is 30.5 Å². The van der Waals surface area contributed by atoms with Gasteiger partial charge in [0.05, 0.1) is 30.0 Å². The number of rotatable bonds is 6. The fourth-order valence-corrected chi connectivity index (χ4v) is 6.24. The zero-order valence-corrected chi connectivity index (χ0v) is 23.8. The molecular formula is C32H27ClN8O2. The number of tetrazole rings is 1. The zero-order valence-electron chi connectivity index (χ0n) is 23.0. The zero-order chi connectivity index (χ0) is 29.3. The molecule has 43 heavy (non-hydrogen) atoms. The molecule has 2 aromatic heterocycles. The van der Waals surface area contributed by atoms with E-state index in [0.29, 0.717) is 29.2 Å². The van der Waals surface area contributed by atoms with E-state index in [0.717, 1.165) is 46.7 Å². The number of carbonyl (C=O) groups excluding carboxylic acids is 2. The lowest BCUT2D eigenvalue weighted by atomic mass is 9.83. The molecule has 11 heteroatoms. The first-order chi connectivity index (χ1) is 21.0. The Bertz CT molecular complexity index is 1830. The average molecular weight is 591 g/mol. The van der Waals surface area contributed by atoms with E-state index in [1.165, 1.54) is 11.0 Å². The molecule has 10 nitrogen and oxygen atoms in total. The maximum absolute atomic E-state index is 13.9. The molecule has 2 amide bonds. The van der Waals surface area contributed by atoms with E-state index in [1.807, 2.05) is 47.4 Å². The van der Waals surface area contributed by atoms with Crippen LogP contribution in [-0.2, 0) is 16.0 Å². The number of aromatic amines is 1. The summed E-state index contributed by atoms with van der Waals surface area (Å²) in [6.45, 7) is 0.592. The molecule has 2 unspecified atom stereocenters. The SMILES string of the molecule is O=C1Cc2cc(-c3cnc(C4C(c5ccccc5)CCCN4C(=O)C=Cc4cc(Cl)ccc4-n4cnnn4)[nH]3)ccc2N1. The molecule has 5 aromatic rings. The molecule has 2 aliphatic heterocycles. The maximum Gasteiger partial charge on any atom is 0.247 e. The molecule has 0 aliphatic carbocycles. The number of anilines is 1. The number of imidazole rings is 1. The Labute approximate surface area is 252 Å². The highest BCUT2D eigenvalue weighted by Crippen LogP contribution is 2.42. The van der Waals surface area contributed by atoms with Crippen LogP contribution < -0.4 is 5.32 Å². The van der Waals surface area contributed by atoms with E-state index in [9.17, 15) is 9.59 Å². The standard InChI is InChI=1S/C32H27ClN8O2/c33-24-10-12-28(41-19-35-38-39-41)22(16-24)9-13-30(43)40-14-4-7-25(20-5-2-1-3-6-20)31(40)32-34-18-27(37-32)21-8-11-26-23(15-21)17-29(42)36-26/h1-3,5-6,8-13,15-16,18-19,25,31H,4,7,14,17H2,(H,34,37)(H,36,42). The van der Waals surface area contributed by atoms with Crippen molar-refractivity contribution < 1.29 is 9.59 Å². The summed E-state index contributed by atoms with van der Waals surface area (Å²) >= 11 is 6.30. The minimum Gasteiger partial charge on any atom is -0.340 e. The minimum absolute atomic E-state index is 0.00424. The third-order valence-electron chi connectivity index (χ3n) is 8.05. The molecule has 0 bridgehead atoms. The number of halogens is 1. The van der Waals surface area contributed by atoms with Crippen molar-refractivity contribution in [2.45, 2.75) is 31.2 Å². The Morgan fingerprint density at radius 1 is 1.07 bits per heavy atom. The molecule has 2 N–H and O–H groups in total. The van der Waals surface area contributed by atoms with Gasteiger partial charge in [-0.15, -0.1) is 5.10 Å². The predicted octanol–water partition coefficient (Wildman–Crippen LogP) is 5.36. The molecule has 2 aliphatic rings. The fraction of sp³-hybridized carbons (Fsp3) is 0.188. The Balaban J connectivity index is 1.23. The van der Waals surface area contributed by atoms with Crippen molar-refractivity contribution in [3.63, 3.8) is 0 Å². The van der Waals surface area contributed by atoms with Crippen LogP contribution >= 0.6 is 11.6 Å². The lowest BCUT2D eigenvalue weighted by Gasteiger charge is -2.40.